The third-order valence-corrected chi connectivity index (χ3v) is 2.22. The van der Waals surface area contributed by atoms with Gasteiger partial charge in [0.05, 0.1) is 0 Å². The van der Waals surface area contributed by atoms with Gasteiger partial charge in [-0.2, -0.15) is 0 Å². The van der Waals surface area contributed by atoms with Crippen LogP contribution >= 0.6 is 0 Å². The van der Waals surface area contributed by atoms with Crippen LogP contribution in [0.15, 0.2) is 24.3 Å². The molecule has 0 unspecified atom stereocenters. The highest BCUT2D eigenvalue weighted by Crippen LogP contribution is 2.09. The Labute approximate surface area is 96.0 Å². The first kappa shape index (κ1) is 12.5. The molecule has 16 heavy (non-hydrogen) atoms. The van der Waals surface area contributed by atoms with Crippen LogP contribution in [0.1, 0.15) is 16.8 Å². The smallest absolute Gasteiger partial charge is 0.251 e. The van der Waals surface area contributed by atoms with E-state index in [9.17, 15) is 4.79 Å². The maximum absolute atomic E-state index is 11.7. The molecule has 0 saturated carbocycles. The average Bonchev–Trinajstić information content (AvgIpc) is 2.34. The fraction of sp³-hybridized carbons (Fsp3) is 0.417. The topological polar surface area (TPSA) is 50.4 Å². The number of ether oxygens (including phenoxy) is 1. The molecule has 1 rings (SSSR count). The van der Waals surface area contributed by atoms with Gasteiger partial charge in [-0.25, -0.2) is 0 Å². The second-order valence-corrected chi connectivity index (χ2v) is 3.43. The van der Waals surface area contributed by atoms with E-state index >= 15 is 0 Å². The summed E-state index contributed by atoms with van der Waals surface area (Å²) in [6, 6.07) is 7.40. The summed E-state index contributed by atoms with van der Waals surface area (Å²) in [7, 11) is 3.48. The number of carbonyl (C=O) groups is 1. The van der Waals surface area contributed by atoms with Gasteiger partial charge in [0.2, 0.25) is 0 Å². The van der Waals surface area contributed by atoms with Crippen molar-refractivity contribution in [2.24, 2.45) is 0 Å². The van der Waals surface area contributed by atoms with Crippen molar-refractivity contribution >= 4 is 11.6 Å². The number of methoxy groups -OCH3 is 1. The van der Waals surface area contributed by atoms with Crippen LogP contribution in [0.5, 0.6) is 0 Å². The minimum atomic E-state index is -0.0480. The normalized spacial score (nSPS) is 9.88. The minimum absolute atomic E-state index is 0.0480. The van der Waals surface area contributed by atoms with E-state index in [0.29, 0.717) is 18.7 Å². The van der Waals surface area contributed by atoms with Crippen molar-refractivity contribution < 1.29 is 9.53 Å². The van der Waals surface area contributed by atoms with Crippen molar-refractivity contribution in [3.05, 3.63) is 29.8 Å². The van der Waals surface area contributed by atoms with E-state index in [2.05, 4.69) is 10.6 Å². The second-order valence-electron chi connectivity index (χ2n) is 3.43. The summed E-state index contributed by atoms with van der Waals surface area (Å²) >= 11 is 0. The molecular formula is C12H18N2O2. The first-order valence-corrected chi connectivity index (χ1v) is 5.33. The van der Waals surface area contributed by atoms with Crippen LogP contribution in [-0.2, 0) is 4.74 Å². The molecule has 0 radical (unpaired) electrons. The number of amides is 1. The maximum Gasteiger partial charge on any atom is 0.251 e. The number of hydrogen-bond acceptors (Lipinski definition) is 3. The molecule has 0 aliphatic rings. The van der Waals surface area contributed by atoms with Crippen molar-refractivity contribution in [3.8, 4) is 0 Å². The molecule has 2 N–H and O–H groups in total. The van der Waals surface area contributed by atoms with Crippen molar-refractivity contribution in [3.63, 3.8) is 0 Å². The third kappa shape index (κ3) is 3.90. The molecule has 0 atom stereocenters. The summed E-state index contributed by atoms with van der Waals surface area (Å²) in [5.41, 5.74) is 1.61. The lowest BCUT2D eigenvalue weighted by atomic mass is 10.2. The Bertz CT molecular complexity index is 340. The van der Waals surface area contributed by atoms with Gasteiger partial charge in [0.1, 0.15) is 0 Å². The van der Waals surface area contributed by atoms with Gasteiger partial charge in [-0.3, -0.25) is 4.79 Å². The van der Waals surface area contributed by atoms with Crippen LogP contribution in [0.3, 0.4) is 0 Å². The van der Waals surface area contributed by atoms with E-state index in [1.54, 1.807) is 13.2 Å². The number of carbonyl (C=O) groups excluding carboxylic acids is 1. The Morgan fingerprint density at radius 2 is 2.25 bits per heavy atom. The molecule has 0 fully saturated rings. The molecule has 0 bridgehead atoms. The largest absolute Gasteiger partial charge is 0.388 e. The Kier molecular flexibility index (Phi) is 5.36. The molecule has 1 amide bonds. The van der Waals surface area contributed by atoms with E-state index in [-0.39, 0.29) is 5.91 Å². The Morgan fingerprint density at radius 3 is 2.94 bits per heavy atom. The van der Waals surface area contributed by atoms with Gasteiger partial charge in [0.15, 0.2) is 0 Å². The quantitative estimate of drug-likeness (QED) is 0.717. The summed E-state index contributed by atoms with van der Waals surface area (Å²) in [5, 5.41) is 5.84. The monoisotopic (exact) mass is 222 g/mol. The van der Waals surface area contributed by atoms with Crippen LogP contribution in [0.4, 0.5) is 5.69 Å². The summed E-state index contributed by atoms with van der Waals surface area (Å²) in [6.45, 7) is 1.30. The van der Waals surface area contributed by atoms with Crippen molar-refractivity contribution in [2.75, 3.05) is 32.6 Å². The van der Waals surface area contributed by atoms with E-state index in [0.717, 1.165) is 12.1 Å². The molecule has 4 heteroatoms. The zero-order chi connectivity index (χ0) is 11.8. The number of rotatable bonds is 6. The lowest BCUT2D eigenvalue weighted by Crippen LogP contribution is -2.25. The molecule has 0 aromatic heterocycles. The molecule has 1 aromatic carbocycles. The molecule has 0 aliphatic carbocycles. The fourth-order valence-corrected chi connectivity index (χ4v) is 1.34. The first-order valence-electron chi connectivity index (χ1n) is 5.33. The number of nitrogens with one attached hydrogen (secondary N) is 2. The SMILES string of the molecule is CNc1cccc(C(=O)NCCCOC)c1. The van der Waals surface area contributed by atoms with Crippen molar-refractivity contribution in [1.82, 2.24) is 5.32 Å². The summed E-state index contributed by atoms with van der Waals surface area (Å²) in [5.74, 6) is -0.0480. The summed E-state index contributed by atoms with van der Waals surface area (Å²) in [6.07, 6.45) is 0.827. The number of benzene rings is 1. The van der Waals surface area contributed by atoms with E-state index < -0.39 is 0 Å². The Morgan fingerprint density at radius 1 is 1.44 bits per heavy atom. The predicted octanol–water partition coefficient (Wildman–Crippen LogP) is 1.49. The van der Waals surface area contributed by atoms with Crippen LogP contribution in [0.2, 0.25) is 0 Å². The highest BCUT2D eigenvalue weighted by atomic mass is 16.5. The highest BCUT2D eigenvalue weighted by molar-refractivity contribution is 5.95. The Hall–Kier alpha value is -1.55. The molecule has 0 spiro atoms. The van der Waals surface area contributed by atoms with Crippen LogP contribution in [0, 0.1) is 0 Å². The van der Waals surface area contributed by atoms with E-state index in [1.165, 1.54) is 0 Å². The second kappa shape index (κ2) is 6.85. The predicted molar refractivity (Wildman–Crippen MR) is 64.8 cm³/mol. The number of anilines is 1. The third-order valence-electron chi connectivity index (χ3n) is 2.22. The standard InChI is InChI=1S/C12H18N2O2/c1-13-11-6-3-5-10(9-11)12(15)14-7-4-8-16-2/h3,5-6,9,13H,4,7-8H2,1-2H3,(H,14,15). The highest BCUT2D eigenvalue weighted by Gasteiger charge is 2.04. The molecule has 88 valence electrons. The van der Waals surface area contributed by atoms with Gasteiger partial charge in [0.25, 0.3) is 5.91 Å². The summed E-state index contributed by atoms with van der Waals surface area (Å²) in [4.78, 5) is 11.7. The van der Waals surface area contributed by atoms with E-state index in [1.807, 2.05) is 25.2 Å². The molecule has 1 aromatic rings. The molecule has 0 saturated heterocycles. The van der Waals surface area contributed by atoms with Crippen molar-refractivity contribution in [1.29, 1.82) is 0 Å². The van der Waals surface area contributed by atoms with Gasteiger partial charge in [-0.1, -0.05) is 6.07 Å². The maximum atomic E-state index is 11.7. The van der Waals surface area contributed by atoms with Gasteiger partial charge in [-0.05, 0) is 24.6 Å². The van der Waals surface area contributed by atoms with Crippen LogP contribution < -0.4 is 10.6 Å². The van der Waals surface area contributed by atoms with Gasteiger partial charge in [-0.15, -0.1) is 0 Å². The van der Waals surface area contributed by atoms with Crippen LogP contribution in [-0.4, -0.2) is 33.2 Å². The molecule has 0 heterocycles. The molecular weight excluding hydrogens is 204 g/mol. The molecule has 4 nitrogen and oxygen atoms in total. The zero-order valence-corrected chi connectivity index (χ0v) is 9.75. The van der Waals surface area contributed by atoms with Crippen molar-refractivity contribution in [2.45, 2.75) is 6.42 Å². The Balaban J connectivity index is 2.46. The van der Waals surface area contributed by atoms with Gasteiger partial charge < -0.3 is 15.4 Å². The lowest BCUT2D eigenvalue weighted by Gasteiger charge is -2.06. The summed E-state index contributed by atoms with van der Waals surface area (Å²) < 4.78 is 4.90. The van der Waals surface area contributed by atoms with Gasteiger partial charge >= 0.3 is 0 Å². The molecule has 0 aliphatic heterocycles. The minimum Gasteiger partial charge on any atom is -0.388 e. The zero-order valence-electron chi connectivity index (χ0n) is 9.75. The van der Waals surface area contributed by atoms with Crippen LogP contribution in [0.25, 0.3) is 0 Å². The lowest BCUT2D eigenvalue weighted by molar-refractivity contribution is 0.0948. The number of hydrogen-bond donors (Lipinski definition) is 2. The van der Waals surface area contributed by atoms with Gasteiger partial charge in [0, 0.05) is 38.6 Å². The van der Waals surface area contributed by atoms with E-state index in [4.69, 9.17) is 4.74 Å². The average molecular weight is 222 g/mol. The first-order chi connectivity index (χ1) is 7.77. The fourth-order valence-electron chi connectivity index (χ4n) is 1.34.